The number of aliphatic imine (C=N–C) groups is 1. The highest BCUT2D eigenvalue weighted by atomic mass is 35.5. The SMILES string of the molecule is CC/N=C(/c1ccc(Cl)cc1)N1CCCc2cc(C3=NNC(=O)SC3(C)C)ccc21. The molecular formula is C23H25ClN4OS. The molecule has 0 aliphatic carbocycles. The average molecular weight is 441 g/mol. The molecule has 0 radical (unpaired) electrons. The van der Waals surface area contributed by atoms with Crippen molar-refractivity contribution < 1.29 is 4.79 Å². The van der Waals surface area contributed by atoms with Crippen molar-refractivity contribution in [2.24, 2.45) is 10.1 Å². The molecule has 5 nitrogen and oxygen atoms in total. The van der Waals surface area contributed by atoms with Gasteiger partial charge in [0.25, 0.3) is 5.24 Å². The molecule has 2 aliphatic heterocycles. The van der Waals surface area contributed by atoms with Gasteiger partial charge in [-0.3, -0.25) is 9.79 Å². The van der Waals surface area contributed by atoms with E-state index in [1.165, 1.54) is 23.0 Å². The molecule has 4 rings (SSSR count). The predicted octanol–water partition coefficient (Wildman–Crippen LogP) is 5.50. The topological polar surface area (TPSA) is 57.1 Å². The van der Waals surface area contributed by atoms with Crippen LogP contribution in [-0.4, -0.2) is 34.6 Å². The maximum absolute atomic E-state index is 11.7. The van der Waals surface area contributed by atoms with E-state index >= 15 is 0 Å². The number of fused-ring (bicyclic) bond motifs is 1. The number of aryl methyl sites for hydroxylation is 1. The molecule has 0 saturated heterocycles. The van der Waals surface area contributed by atoms with Gasteiger partial charge in [0.2, 0.25) is 0 Å². The molecule has 0 atom stereocenters. The van der Waals surface area contributed by atoms with Crippen molar-refractivity contribution in [1.82, 2.24) is 5.43 Å². The fraction of sp³-hybridized carbons (Fsp3) is 0.348. The van der Waals surface area contributed by atoms with E-state index in [4.69, 9.17) is 16.6 Å². The summed E-state index contributed by atoms with van der Waals surface area (Å²) in [6, 6.07) is 14.3. The lowest BCUT2D eigenvalue weighted by atomic mass is 9.93. The minimum absolute atomic E-state index is 0.115. The molecule has 0 aromatic heterocycles. The first-order chi connectivity index (χ1) is 14.4. The molecule has 2 aromatic rings. The number of anilines is 1. The van der Waals surface area contributed by atoms with Gasteiger partial charge >= 0.3 is 0 Å². The number of carbonyl (C=O) groups excluding carboxylic acids is 1. The maximum Gasteiger partial charge on any atom is 0.300 e. The van der Waals surface area contributed by atoms with Gasteiger partial charge in [0.05, 0.1) is 10.5 Å². The van der Waals surface area contributed by atoms with E-state index in [1.807, 2.05) is 38.1 Å². The van der Waals surface area contributed by atoms with Gasteiger partial charge in [0, 0.05) is 29.4 Å². The number of amidine groups is 1. The van der Waals surface area contributed by atoms with Crippen LogP contribution < -0.4 is 10.3 Å². The van der Waals surface area contributed by atoms with Gasteiger partial charge in [-0.2, -0.15) is 5.10 Å². The number of nitrogens with one attached hydrogen (secondary N) is 1. The Morgan fingerprint density at radius 2 is 2.03 bits per heavy atom. The minimum atomic E-state index is -0.372. The zero-order valence-electron chi connectivity index (χ0n) is 17.4. The number of benzene rings is 2. The summed E-state index contributed by atoms with van der Waals surface area (Å²) >= 11 is 7.36. The zero-order valence-corrected chi connectivity index (χ0v) is 19.0. The Balaban J connectivity index is 1.72. The summed E-state index contributed by atoms with van der Waals surface area (Å²) in [5.41, 5.74) is 8.07. The van der Waals surface area contributed by atoms with Gasteiger partial charge < -0.3 is 4.90 Å². The third kappa shape index (κ3) is 4.12. The van der Waals surface area contributed by atoms with Gasteiger partial charge in [-0.05, 0) is 81.1 Å². The van der Waals surface area contributed by atoms with E-state index in [2.05, 4.69) is 40.5 Å². The Morgan fingerprint density at radius 3 is 2.73 bits per heavy atom. The fourth-order valence-corrected chi connectivity index (χ4v) is 4.94. The molecule has 0 bridgehead atoms. The number of rotatable bonds is 3. The molecule has 0 saturated carbocycles. The molecule has 0 fully saturated rings. The van der Waals surface area contributed by atoms with Gasteiger partial charge in [0.1, 0.15) is 5.84 Å². The third-order valence-corrected chi connectivity index (χ3v) is 6.55. The highest BCUT2D eigenvalue weighted by molar-refractivity contribution is 8.15. The van der Waals surface area contributed by atoms with Crippen LogP contribution in [0.2, 0.25) is 5.02 Å². The molecule has 7 heteroatoms. The molecule has 2 aliphatic rings. The average Bonchev–Trinajstić information content (AvgIpc) is 2.71. The largest absolute Gasteiger partial charge is 0.326 e. The number of thioether (sulfide) groups is 1. The molecule has 156 valence electrons. The van der Waals surface area contributed by atoms with Crippen molar-refractivity contribution in [3.63, 3.8) is 0 Å². The minimum Gasteiger partial charge on any atom is -0.326 e. The van der Waals surface area contributed by atoms with Crippen LogP contribution in [0.4, 0.5) is 10.5 Å². The number of halogens is 1. The van der Waals surface area contributed by atoms with Crippen LogP contribution in [0.1, 0.15) is 43.9 Å². The van der Waals surface area contributed by atoms with Crippen molar-refractivity contribution in [3.05, 3.63) is 64.2 Å². The lowest BCUT2D eigenvalue weighted by molar-refractivity contribution is 0.260. The summed E-state index contributed by atoms with van der Waals surface area (Å²) in [5, 5.41) is 4.98. The third-order valence-electron chi connectivity index (χ3n) is 5.31. The summed E-state index contributed by atoms with van der Waals surface area (Å²) in [6.07, 6.45) is 2.06. The van der Waals surface area contributed by atoms with Gasteiger partial charge in [-0.15, -0.1) is 0 Å². The number of hydrogen-bond acceptors (Lipinski definition) is 4. The quantitative estimate of drug-likeness (QED) is 0.506. The molecule has 0 spiro atoms. The Labute approximate surface area is 186 Å². The van der Waals surface area contributed by atoms with E-state index in [9.17, 15) is 4.79 Å². The lowest BCUT2D eigenvalue weighted by Crippen LogP contribution is -2.39. The summed E-state index contributed by atoms with van der Waals surface area (Å²) in [4.78, 5) is 18.9. The van der Waals surface area contributed by atoms with Crippen LogP contribution in [0.5, 0.6) is 0 Å². The smallest absolute Gasteiger partial charge is 0.300 e. The standard InChI is InChI=1S/C23H25ClN4OS/c1-4-25-21(15-7-10-18(24)11-8-15)28-13-5-6-16-14-17(9-12-19(16)28)20-23(2,3)30-22(29)27-26-20/h7-12,14H,4-6,13H2,1-3H3,(H,27,29)/b25-21-. The molecule has 30 heavy (non-hydrogen) atoms. The summed E-state index contributed by atoms with van der Waals surface area (Å²) < 4.78 is -0.372. The number of hydrogen-bond donors (Lipinski definition) is 1. The predicted molar refractivity (Wildman–Crippen MR) is 127 cm³/mol. The molecule has 2 aromatic carbocycles. The van der Waals surface area contributed by atoms with E-state index in [1.54, 1.807) is 0 Å². The van der Waals surface area contributed by atoms with Crippen LogP contribution in [0.3, 0.4) is 0 Å². The lowest BCUT2D eigenvalue weighted by Gasteiger charge is -2.34. The first-order valence-electron chi connectivity index (χ1n) is 10.2. The second-order valence-corrected chi connectivity index (χ2v) is 9.91. The van der Waals surface area contributed by atoms with Crippen molar-refractivity contribution in [2.75, 3.05) is 18.0 Å². The first kappa shape index (κ1) is 20.9. The first-order valence-corrected chi connectivity index (χ1v) is 11.4. The molecular weight excluding hydrogens is 416 g/mol. The van der Waals surface area contributed by atoms with Gasteiger partial charge in [-0.1, -0.05) is 29.4 Å². The Bertz CT molecular complexity index is 1030. The number of amides is 1. The van der Waals surface area contributed by atoms with E-state index in [-0.39, 0.29) is 9.99 Å². The zero-order chi connectivity index (χ0) is 21.3. The fourth-order valence-electron chi connectivity index (χ4n) is 4.00. The normalized spacial score (nSPS) is 18.5. The number of carbonyl (C=O) groups is 1. The van der Waals surface area contributed by atoms with E-state index < -0.39 is 0 Å². The van der Waals surface area contributed by atoms with Crippen molar-refractivity contribution in [1.29, 1.82) is 0 Å². The molecule has 2 heterocycles. The molecule has 0 unspecified atom stereocenters. The van der Waals surface area contributed by atoms with E-state index in [0.29, 0.717) is 6.54 Å². The van der Waals surface area contributed by atoms with Gasteiger partial charge in [-0.25, -0.2) is 5.43 Å². The Morgan fingerprint density at radius 1 is 1.27 bits per heavy atom. The Hall–Kier alpha value is -2.31. The van der Waals surface area contributed by atoms with E-state index in [0.717, 1.165) is 47.1 Å². The maximum atomic E-state index is 11.7. The highest BCUT2D eigenvalue weighted by Gasteiger charge is 2.34. The van der Waals surface area contributed by atoms with Gasteiger partial charge in [0.15, 0.2) is 0 Å². The second kappa shape index (κ2) is 8.44. The van der Waals surface area contributed by atoms with Crippen molar-refractivity contribution in [3.8, 4) is 0 Å². The number of nitrogens with zero attached hydrogens (tertiary/aromatic N) is 3. The summed E-state index contributed by atoms with van der Waals surface area (Å²) in [7, 11) is 0. The number of hydrazone groups is 1. The summed E-state index contributed by atoms with van der Waals surface area (Å²) in [6.45, 7) is 7.76. The summed E-state index contributed by atoms with van der Waals surface area (Å²) in [5.74, 6) is 0.973. The molecule has 1 N–H and O–H groups in total. The van der Waals surface area contributed by atoms with Crippen LogP contribution in [0, 0.1) is 0 Å². The second-order valence-electron chi connectivity index (χ2n) is 7.88. The van der Waals surface area contributed by atoms with Crippen LogP contribution in [0.25, 0.3) is 0 Å². The Kier molecular flexibility index (Phi) is 5.89. The van der Waals surface area contributed by atoms with Crippen molar-refractivity contribution in [2.45, 2.75) is 38.4 Å². The van der Waals surface area contributed by atoms with Crippen LogP contribution >= 0.6 is 23.4 Å². The molecule has 1 amide bonds. The van der Waals surface area contributed by atoms with Crippen molar-refractivity contribution >= 4 is 45.8 Å². The highest BCUT2D eigenvalue weighted by Crippen LogP contribution is 2.35. The van der Waals surface area contributed by atoms with Crippen LogP contribution in [0.15, 0.2) is 52.6 Å². The monoisotopic (exact) mass is 440 g/mol. The van der Waals surface area contributed by atoms with Crippen LogP contribution in [-0.2, 0) is 6.42 Å².